The zero-order valence-electron chi connectivity index (χ0n) is 11.6. The summed E-state index contributed by atoms with van der Waals surface area (Å²) in [6.45, 7) is 5.70. The van der Waals surface area contributed by atoms with Crippen molar-refractivity contribution in [2.45, 2.75) is 32.4 Å². The van der Waals surface area contributed by atoms with Crippen molar-refractivity contribution in [3.05, 3.63) is 17.0 Å². The SMILES string of the molecule is CCC1CN(C(=O)c2n[nH]c3c2CNCC3)CCO1.Cl. The lowest BCUT2D eigenvalue weighted by molar-refractivity contribution is -0.0228. The number of aromatic nitrogens is 2. The predicted molar refractivity (Wildman–Crippen MR) is 77.2 cm³/mol. The van der Waals surface area contributed by atoms with Crippen LogP contribution in [0.15, 0.2) is 0 Å². The Labute approximate surface area is 124 Å². The summed E-state index contributed by atoms with van der Waals surface area (Å²) in [6.07, 6.45) is 2.01. The molecule has 6 nitrogen and oxygen atoms in total. The normalized spacial score (nSPS) is 22.1. The summed E-state index contributed by atoms with van der Waals surface area (Å²) in [5, 5.41) is 10.5. The van der Waals surface area contributed by atoms with Crippen molar-refractivity contribution < 1.29 is 9.53 Å². The van der Waals surface area contributed by atoms with Crippen LogP contribution in [-0.2, 0) is 17.7 Å². The molecular weight excluding hydrogens is 280 g/mol. The van der Waals surface area contributed by atoms with Crippen LogP contribution in [0.2, 0.25) is 0 Å². The van der Waals surface area contributed by atoms with Gasteiger partial charge in [0.25, 0.3) is 5.91 Å². The van der Waals surface area contributed by atoms with Gasteiger partial charge in [0.2, 0.25) is 0 Å². The zero-order valence-corrected chi connectivity index (χ0v) is 12.5. The Balaban J connectivity index is 0.00000147. The van der Waals surface area contributed by atoms with E-state index in [2.05, 4.69) is 22.4 Å². The van der Waals surface area contributed by atoms with Crippen molar-refractivity contribution in [3.8, 4) is 0 Å². The van der Waals surface area contributed by atoms with Gasteiger partial charge < -0.3 is 15.0 Å². The molecule has 2 N–H and O–H groups in total. The van der Waals surface area contributed by atoms with Crippen LogP contribution in [0, 0.1) is 0 Å². The second-order valence-corrected chi connectivity index (χ2v) is 5.11. The summed E-state index contributed by atoms with van der Waals surface area (Å²) in [6, 6.07) is 0. The highest BCUT2D eigenvalue weighted by Crippen LogP contribution is 2.18. The van der Waals surface area contributed by atoms with Crippen LogP contribution in [0.4, 0.5) is 0 Å². The second kappa shape index (κ2) is 6.56. The number of hydrogen-bond donors (Lipinski definition) is 2. The average Bonchev–Trinajstić information content (AvgIpc) is 2.90. The van der Waals surface area contributed by atoms with Gasteiger partial charge in [0.15, 0.2) is 5.69 Å². The number of H-pyrrole nitrogens is 1. The number of halogens is 1. The van der Waals surface area contributed by atoms with Gasteiger partial charge in [-0.3, -0.25) is 9.89 Å². The minimum atomic E-state index is 0. The number of carbonyl (C=O) groups excluding carboxylic acids is 1. The molecule has 1 saturated heterocycles. The van der Waals surface area contributed by atoms with Gasteiger partial charge in [0.1, 0.15) is 0 Å². The lowest BCUT2D eigenvalue weighted by Gasteiger charge is -2.32. The van der Waals surface area contributed by atoms with Gasteiger partial charge in [0.05, 0.1) is 12.7 Å². The fraction of sp³-hybridized carbons (Fsp3) is 0.692. The number of carbonyl (C=O) groups is 1. The van der Waals surface area contributed by atoms with Crippen molar-refractivity contribution in [1.29, 1.82) is 0 Å². The molecule has 1 fully saturated rings. The lowest BCUT2D eigenvalue weighted by Crippen LogP contribution is -2.45. The monoisotopic (exact) mass is 300 g/mol. The summed E-state index contributed by atoms with van der Waals surface area (Å²) in [4.78, 5) is 14.4. The van der Waals surface area contributed by atoms with Crippen LogP contribution in [0.3, 0.4) is 0 Å². The van der Waals surface area contributed by atoms with E-state index in [1.807, 2.05) is 4.90 Å². The van der Waals surface area contributed by atoms with Gasteiger partial charge in [-0.1, -0.05) is 6.92 Å². The number of aromatic amines is 1. The molecular formula is C13H21ClN4O2. The highest BCUT2D eigenvalue weighted by molar-refractivity contribution is 5.94. The number of hydrogen-bond acceptors (Lipinski definition) is 4. The van der Waals surface area contributed by atoms with E-state index < -0.39 is 0 Å². The van der Waals surface area contributed by atoms with Gasteiger partial charge in [-0.05, 0) is 6.42 Å². The van der Waals surface area contributed by atoms with E-state index in [0.29, 0.717) is 25.4 Å². The maximum absolute atomic E-state index is 12.6. The van der Waals surface area contributed by atoms with E-state index in [-0.39, 0.29) is 24.4 Å². The minimum absolute atomic E-state index is 0. The van der Waals surface area contributed by atoms with E-state index >= 15 is 0 Å². The van der Waals surface area contributed by atoms with E-state index in [1.54, 1.807) is 0 Å². The molecule has 7 heteroatoms. The number of rotatable bonds is 2. The molecule has 112 valence electrons. The molecule has 0 aliphatic carbocycles. The first-order valence-electron chi connectivity index (χ1n) is 6.97. The summed E-state index contributed by atoms with van der Waals surface area (Å²) < 4.78 is 5.60. The predicted octanol–water partition coefficient (Wildman–Crippen LogP) is 0.728. The van der Waals surface area contributed by atoms with Gasteiger partial charge in [-0.25, -0.2) is 0 Å². The maximum atomic E-state index is 12.6. The first-order chi connectivity index (χ1) is 9.29. The van der Waals surface area contributed by atoms with Gasteiger partial charge in [-0.15, -0.1) is 12.4 Å². The van der Waals surface area contributed by atoms with E-state index in [9.17, 15) is 4.79 Å². The molecule has 0 spiro atoms. The highest BCUT2D eigenvalue weighted by Gasteiger charge is 2.29. The number of fused-ring (bicyclic) bond motifs is 1. The van der Waals surface area contributed by atoms with E-state index in [0.717, 1.165) is 37.2 Å². The molecule has 2 aliphatic heterocycles. The Morgan fingerprint density at radius 2 is 2.40 bits per heavy atom. The van der Waals surface area contributed by atoms with E-state index in [1.165, 1.54) is 0 Å². The summed E-state index contributed by atoms with van der Waals surface area (Å²) >= 11 is 0. The Kier molecular flexibility index (Phi) is 5.01. The molecule has 1 amide bonds. The molecule has 3 rings (SSSR count). The molecule has 0 saturated carbocycles. The van der Waals surface area contributed by atoms with Gasteiger partial charge >= 0.3 is 0 Å². The van der Waals surface area contributed by atoms with Gasteiger partial charge in [-0.2, -0.15) is 5.10 Å². The third-order valence-electron chi connectivity index (χ3n) is 3.89. The number of amides is 1. The van der Waals surface area contributed by atoms with E-state index in [4.69, 9.17) is 4.74 Å². The standard InChI is InChI=1S/C13H20N4O2.ClH/c1-2-9-8-17(5-6-19-9)13(18)12-10-7-14-4-3-11(10)15-16-12;/h9,14H,2-8H2,1H3,(H,15,16);1H. The molecule has 1 aromatic rings. The number of ether oxygens (including phenoxy) is 1. The Morgan fingerprint density at radius 3 is 3.20 bits per heavy atom. The molecule has 1 atom stereocenters. The molecule has 20 heavy (non-hydrogen) atoms. The first-order valence-corrected chi connectivity index (χ1v) is 6.97. The number of nitrogens with zero attached hydrogens (tertiary/aromatic N) is 2. The number of nitrogens with one attached hydrogen (secondary N) is 2. The summed E-state index contributed by atoms with van der Waals surface area (Å²) in [5.41, 5.74) is 2.72. The van der Waals surface area contributed by atoms with Crippen molar-refractivity contribution in [3.63, 3.8) is 0 Å². The zero-order chi connectivity index (χ0) is 13.2. The quantitative estimate of drug-likeness (QED) is 0.845. The van der Waals surface area contributed by atoms with Crippen LogP contribution in [0.1, 0.15) is 35.1 Å². The maximum Gasteiger partial charge on any atom is 0.274 e. The van der Waals surface area contributed by atoms with Crippen LogP contribution in [0.25, 0.3) is 0 Å². The van der Waals surface area contributed by atoms with Crippen molar-refractivity contribution in [1.82, 2.24) is 20.4 Å². The Bertz CT molecular complexity index is 477. The molecule has 1 aromatic heterocycles. The Hall–Kier alpha value is -1.11. The minimum Gasteiger partial charge on any atom is -0.375 e. The van der Waals surface area contributed by atoms with Crippen LogP contribution < -0.4 is 5.32 Å². The van der Waals surface area contributed by atoms with Crippen LogP contribution in [0.5, 0.6) is 0 Å². The fourth-order valence-corrected chi connectivity index (χ4v) is 2.70. The summed E-state index contributed by atoms with van der Waals surface area (Å²) in [7, 11) is 0. The first kappa shape index (κ1) is 15.3. The lowest BCUT2D eigenvalue weighted by atomic mass is 10.1. The summed E-state index contributed by atoms with van der Waals surface area (Å²) in [5.74, 6) is 0.0305. The third kappa shape index (κ3) is 2.82. The van der Waals surface area contributed by atoms with Crippen molar-refractivity contribution >= 4 is 18.3 Å². The highest BCUT2D eigenvalue weighted by atomic mass is 35.5. The largest absolute Gasteiger partial charge is 0.375 e. The second-order valence-electron chi connectivity index (χ2n) is 5.11. The molecule has 0 aromatic carbocycles. The van der Waals surface area contributed by atoms with Crippen molar-refractivity contribution in [2.24, 2.45) is 0 Å². The van der Waals surface area contributed by atoms with Crippen LogP contribution in [-0.4, -0.2) is 53.3 Å². The topological polar surface area (TPSA) is 70.2 Å². The Morgan fingerprint density at radius 1 is 1.55 bits per heavy atom. The molecule has 3 heterocycles. The smallest absolute Gasteiger partial charge is 0.274 e. The molecule has 0 bridgehead atoms. The fourth-order valence-electron chi connectivity index (χ4n) is 2.70. The van der Waals surface area contributed by atoms with Crippen LogP contribution >= 0.6 is 12.4 Å². The van der Waals surface area contributed by atoms with Gasteiger partial charge in [0, 0.05) is 43.9 Å². The van der Waals surface area contributed by atoms with Crippen molar-refractivity contribution in [2.75, 3.05) is 26.2 Å². The molecule has 1 unspecified atom stereocenters. The molecule has 0 radical (unpaired) electrons. The number of morpholine rings is 1. The average molecular weight is 301 g/mol. The third-order valence-corrected chi connectivity index (χ3v) is 3.89. The molecule has 2 aliphatic rings.